The third-order valence-electron chi connectivity index (χ3n) is 4.55. The van der Waals surface area contributed by atoms with Crippen LogP contribution >= 0.6 is 0 Å². The van der Waals surface area contributed by atoms with Crippen LogP contribution in [0.15, 0.2) is 0 Å². The van der Waals surface area contributed by atoms with Crippen molar-refractivity contribution in [3.05, 3.63) is 0 Å². The molecule has 0 unspecified atom stereocenters. The van der Waals surface area contributed by atoms with Gasteiger partial charge < -0.3 is 15.3 Å². The lowest BCUT2D eigenvalue weighted by atomic mass is 9.67. The number of nitrogens with zero attached hydrogens (tertiary/aromatic N) is 2. The number of aliphatic hydroxyl groups is 1. The molecule has 0 aromatic carbocycles. The fourth-order valence-electron chi connectivity index (χ4n) is 3.27. The number of hydrogen-bond donors (Lipinski definition) is 2. The summed E-state index contributed by atoms with van der Waals surface area (Å²) in [5, 5.41) is 12.5. The number of carbonyl (C=O) groups excluding carboxylic acids is 2. The molecule has 1 aliphatic carbocycles. The van der Waals surface area contributed by atoms with Crippen molar-refractivity contribution in [2.45, 2.75) is 38.7 Å². The summed E-state index contributed by atoms with van der Waals surface area (Å²) in [6.45, 7) is 6.95. The molecule has 2 N–H and O–H groups in total. The summed E-state index contributed by atoms with van der Waals surface area (Å²) >= 11 is 0. The molecule has 0 aromatic heterocycles. The minimum absolute atomic E-state index is 0.0176. The third-order valence-corrected chi connectivity index (χ3v) is 4.55. The summed E-state index contributed by atoms with van der Waals surface area (Å²) in [4.78, 5) is 28.7. The molecule has 0 atom stereocenters. The molecule has 0 bridgehead atoms. The number of rotatable bonds is 4. The normalized spacial score (nSPS) is 22.6. The van der Waals surface area contributed by atoms with Gasteiger partial charge in [0.1, 0.15) is 5.41 Å². The van der Waals surface area contributed by atoms with Gasteiger partial charge in [-0.25, -0.2) is 0 Å². The Morgan fingerprint density at radius 3 is 2.14 bits per heavy atom. The van der Waals surface area contributed by atoms with E-state index in [0.29, 0.717) is 32.5 Å². The first-order valence-corrected chi connectivity index (χ1v) is 7.75. The van der Waals surface area contributed by atoms with Crippen LogP contribution in [0.1, 0.15) is 33.1 Å². The molecule has 0 radical (unpaired) electrons. The second kappa shape index (κ2) is 5.93. The van der Waals surface area contributed by atoms with E-state index < -0.39 is 11.0 Å². The lowest BCUT2D eigenvalue weighted by Crippen LogP contribution is -2.60. The van der Waals surface area contributed by atoms with Crippen molar-refractivity contribution in [2.75, 3.05) is 39.8 Å². The zero-order chi connectivity index (χ0) is 15.7. The molecular weight excluding hydrogens is 270 g/mol. The summed E-state index contributed by atoms with van der Waals surface area (Å²) in [5.41, 5.74) is -1.53. The second-order valence-corrected chi connectivity index (χ2v) is 6.90. The van der Waals surface area contributed by atoms with E-state index in [9.17, 15) is 14.7 Å². The zero-order valence-corrected chi connectivity index (χ0v) is 13.3. The average molecular weight is 297 g/mol. The monoisotopic (exact) mass is 297 g/mol. The molecule has 21 heavy (non-hydrogen) atoms. The Hall–Kier alpha value is -1.14. The maximum atomic E-state index is 12.7. The summed E-state index contributed by atoms with van der Waals surface area (Å²) in [6.07, 6.45) is 2.27. The highest BCUT2D eigenvalue weighted by atomic mass is 16.3. The van der Waals surface area contributed by atoms with Crippen LogP contribution in [0, 0.1) is 5.41 Å². The van der Waals surface area contributed by atoms with Crippen LogP contribution in [0.3, 0.4) is 0 Å². The third kappa shape index (κ3) is 3.37. The fraction of sp³-hybridized carbons (Fsp3) is 0.867. The van der Waals surface area contributed by atoms with E-state index in [2.05, 4.69) is 10.2 Å². The average Bonchev–Trinajstić information content (AvgIpc) is 2.36. The van der Waals surface area contributed by atoms with E-state index in [0.717, 1.165) is 19.5 Å². The van der Waals surface area contributed by atoms with Gasteiger partial charge in [-0.2, -0.15) is 0 Å². The number of carbonyl (C=O) groups is 2. The van der Waals surface area contributed by atoms with Gasteiger partial charge in [-0.1, -0.05) is 6.42 Å². The summed E-state index contributed by atoms with van der Waals surface area (Å²) in [6, 6.07) is 0. The van der Waals surface area contributed by atoms with E-state index in [1.165, 1.54) is 0 Å². The van der Waals surface area contributed by atoms with E-state index in [1.54, 1.807) is 20.9 Å². The van der Waals surface area contributed by atoms with Crippen LogP contribution < -0.4 is 5.32 Å². The molecule has 120 valence electrons. The minimum atomic E-state index is -0.812. The Morgan fingerprint density at radius 2 is 1.76 bits per heavy atom. The Labute approximate surface area is 126 Å². The van der Waals surface area contributed by atoms with Gasteiger partial charge in [-0.3, -0.25) is 14.5 Å². The van der Waals surface area contributed by atoms with Crippen molar-refractivity contribution >= 4 is 11.8 Å². The minimum Gasteiger partial charge on any atom is -0.389 e. The highest BCUT2D eigenvalue weighted by molar-refractivity contribution is 6.05. The number of amides is 2. The van der Waals surface area contributed by atoms with Crippen LogP contribution in [0.25, 0.3) is 0 Å². The van der Waals surface area contributed by atoms with Gasteiger partial charge in [0.25, 0.3) is 0 Å². The lowest BCUT2D eigenvalue weighted by Gasteiger charge is -2.44. The Morgan fingerprint density at radius 1 is 1.19 bits per heavy atom. The van der Waals surface area contributed by atoms with Crippen molar-refractivity contribution in [1.29, 1.82) is 0 Å². The standard InChI is InChI=1S/C15H27N3O3/c1-14(2,21)11-17-7-9-18(10-8-17)13(20)15(5-4-6-15)12(19)16-3/h21H,4-11H2,1-3H3,(H,16,19). The quantitative estimate of drug-likeness (QED) is 0.706. The van der Waals surface area contributed by atoms with Crippen molar-refractivity contribution < 1.29 is 14.7 Å². The van der Waals surface area contributed by atoms with Crippen LogP contribution in [0.5, 0.6) is 0 Å². The molecule has 2 amide bonds. The summed E-state index contributed by atoms with van der Waals surface area (Å²) in [5.74, 6) is -0.159. The predicted octanol–water partition coefficient (Wildman–Crippen LogP) is -0.182. The van der Waals surface area contributed by atoms with Crippen LogP contribution in [-0.4, -0.2) is 72.1 Å². The van der Waals surface area contributed by atoms with Crippen LogP contribution in [0.2, 0.25) is 0 Å². The molecule has 2 rings (SSSR count). The van der Waals surface area contributed by atoms with E-state index in [4.69, 9.17) is 0 Å². The van der Waals surface area contributed by atoms with Gasteiger partial charge in [0.15, 0.2) is 0 Å². The maximum Gasteiger partial charge on any atom is 0.238 e. The topological polar surface area (TPSA) is 72.9 Å². The lowest BCUT2D eigenvalue weighted by molar-refractivity contribution is -0.158. The molecule has 1 aliphatic heterocycles. The number of nitrogens with one attached hydrogen (secondary N) is 1. The molecule has 1 saturated heterocycles. The number of piperazine rings is 1. The number of hydrogen-bond acceptors (Lipinski definition) is 4. The Bertz CT molecular complexity index is 405. The van der Waals surface area contributed by atoms with Crippen LogP contribution in [0.4, 0.5) is 0 Å². The van der Waals surface area contributed by atoms with E-state index >= 15 is 0 Å². The SMILES string of the molecule is CNC(=O)C1(C(=O)N2CCN(CC(C)(C)O)CC2)CCC1. The molecule has 2 aliphatic rings. The van der Waals surface area contributed by atoms with Gasteiger partial charge in [-0.15, -0.1) is 0 Å². The summed E-state index contributed by atoms with van der Waals surface area (Å²) in [7, 11) is 1.59. The van der Waals surface area contributed by atoms with Gasteiger partial charge in [-0.05, 0) is 26.7 Å². The molecule has 6 heteroatoms. The molecular formula is C15H27N3O3. The predicted molar refractivity (Wildman–Crippen MR) is 79.7 cm³/mol. The smallest absolute Gasteiger partial charge is 0.238 e. The first kappa shape index (κ1) is 16.2. The zero-order valence-electron chi connectivity index (χ0n) is 13.3. The van der Waals surface area contributed by atoms with Crippen molar-refractivity contribution in [2.24, 2.45) is 5.41 Å². The maximum absolute atomic E-state index is 12.7. The van der Waals surface area contributed by atoms with E-state index in [1.807, 2.05) is 4.90 Å². The van der Waals surface area contributed by atoms with Crippen molar-refractivity contribution in [3.8, 4) is 0 Å². The van der Waals surface area contributed by atoms with E-state index in [-0.39, 0.29) is 11.8 Å². The largest absolute Gasteiger partial charge is 0.389 e. The van der Waals surface area contributed by atoms with Crippen molar-refractivity contribution in [1.82, 2.24) is 15.1 Å². The fourth-order valence-corrected chi connectivity index (χ4v) is 3.27. The van der Waals surface area contributed by atoms with Crippen molar-refractivity contribution in [3.63, 3.8) is 0 Å². The molecule has 0 spiro atoms. The Balaban J connectivity index is 1.93. The molecule has 0 aromatic rings. The highest BCUT2D eigenvalue weighted by Crippen LogP contribution is 2.42. The highest BCUT2D eigenvalue weighted by Gasteiger charge is 2.52. The molecule has 2 fully saturated rings. The van der Waals surface area contributed by atoms with Crippen LogP contribution in [-0.2, 0) is 9.59 Å². The van der Waals surface area contributed by atoms with Gasteiger partial charge >= 0.3 is 0 Å². The second-order valence-electron chi connectivity index (χ2n) is 6.90. The van der Waals surface area contributed by atoms with Gasteiger partial charge in [0.2, 0.25) is 11.8 Å². The Kier molecular flexibility index (Phi) is 4.58. The van der Waals surface area contributed by atoms with Gasteiger partial charge in [0.05, 0.1) is 5.60 Å². The van der Waals surface area contributed by atoms with Gasteiger partial charge in [0, 0.05) is 39.8 Å². The number of β-amino-alcohol motifs (C(OH)–C–C–N with tert-alkyl or cyclic N) is 1. The molecule has 6 nitrogen and oxygen atoms in total. The first-order valence-electron chi connectivity index (χ1n) is 7.75. The molecule has 1 heterocycles. The molecule has 1 saturated carbocycles. The first-order chi connectivity index (χ1) is 9.78. The summed E-state index contributed by atoms with van der Waals surface area (Å²) < 4.78 is 0.